The molecule has 0 fully saturated rings. The highest BCUT2D eigenvalue weighted by Gasteiger charge is 2.11. The molecular formula is C17H12ClN3O. The number of nitrogens with one attached hydrogen (secondary N) is 1. The molecule has 1 heterocycles. The van der Waals surface area contributed by atoms with Crippen LogP contribution in [0.25, 0.3) is 10.9 Å². The van der Waals surface area contributed by atoms with Crippen molar-refractivity contribution >= 4 is 28.3 Å². The van der Waals surface area contributed by atoms with Crippen molar-refractivity contribution in [2.45, 2.75) is 12.8 Å². The molecule has 0 spiro atoms. The van der Waals surface area contributed by atoms with Crippen molar-refractivity contribution in [3.05, 3.63) is 64.3 Å². The molecule has 0 aliphatic rings. The van der Waals surface area contributed by atoms with Crippen molar-refractivity contribution < 1.29 is 4.79 Å². The first-order chi connectivity index (χ1) is 10.7. The van der Waals surface area contributed by atoms with Gasteiger partial charge in [-0.2, -0.15) is 10.4 Å². The van der Waals surface area contributed by atoms with Crippen molar-refractivity contribution in [3.8, 4) is 6.07 Å². The van der Waals surface area contributed by atoms with Gasteiger partial charge >= 0.3 is 0 Å². The molecule has 22 heavy (non-hydrogen) atoms. The van der Waals surface area contributed by atoms with Crippen LogP contribution < -0.4 is 0 Å². The topological polar surface area (TPSA) is 69.5 Å². The van der Waals surface area contributed by atoms with Gasteiger partial charge in [0.05, 0.1) is 23.3 Å². The Balaban J connectivity index is 1.78. The summed E-state index contributed by atoms with van der Waals surface area (Å²) < 4.78 is 0. The SMILES string of the molecule is N#Cc1ccc(CC(=O)Cc2cc(Cl)cc3[nH]ncc23)cc1. The maximum Gasteiger partial charge on any atom is 0.141 e. The zero-order chi connectivity index (χ0) is 15.5. The number of hydrogen-bond donors (Lipinski definition) is 1. The molecule has 4 nitrogen and oxygen atoms in total. The number of rotatable bonds is 4. The summed E-state index contributed by atoms with van der Waals surface area (Å²) in [5, 5.41) is 17.1. The van der Waals surface area contributed by atoms with E-state index in [2.05, 4.69) is 16.3 Å². The Labute approximate surface area is 132 Å². The predicted molar refractivity (Wildman–Crippen MR) is 84.7 cm³/mol. The van der Waals surface area contributed by atoms with Crippen molar-refractivity contribution in [2.75, 3.05) is 0 Å². The van der Waals surface area contributed by atoms with E-state index in [4.69, 9.17) is 16.9 Å². The van der Waals surface area contributed by atoms with Crippen LogP contribution in [0.1, 0.15) is 16.7 Å². The minimum atomic E-state index is 0.0921. The molecule has 3 aromatic rings. The number of carbonyl (C=O) groups excluding carboxylic acids is 1. The molecule has 0 radical (unpaired) electrons. The van der Waals surface area contributed by atoms with Gasteiger partial charge < -0.3 is 0 Å². The highest BCUT2D eigenvalue weighted by molar-refractivity contribution is 6.31. The molecule has 0 aliphatic heterocycles. The number of halogens is 1. The fourth-order valence-electron chi connectivity index (χ4n) is 2.43. The molecular weight excluding hydrogens is 298 g/mol. The van der Waals surface area contributed by atoms with Crippen LogP contribution in [0, 0.1) is 11.3 Å². The minimum absolute atomic E-state index is 0.0921. The number of nitriles is 1. The first-order valence-electron chi connectivity index (χ1n) is 6.78. The molecule has 5 heteroatoms. The Hall–Kier alpha value is -2.64. The highest BCUT2D eigenvalue weighted by Crippen LogP contribution is 2.23. The molecule has 0 saturated carbocycles. The fraction of sp³-hybridized carbons (Fsp3) is 0.118. The van der Waals surface area contributed by atoms with E-state index in [1.54, 1.807) is 30.5 Å². The van der Waals surface area contributed by atoms with Gasteiger partial charge in [-0.1, -0.05) is 23.7 Å². The first kappa shape index (κ1) is 14.3. The van der Waals surface area contributed by atoms with Crippen LogP contribution in [0.15, 0.2) is 42.6 Å². The van der Waals surface area contributed by atoms with Crippen LogP contribution in [0.5, 0.6) is 0 Å². The van der Waals surface area contributed by atoms with Crippen molar-refractivity contribution in [1.82, 2.24) is 10.2 Å². The van der Waals surface area contributed by atoms with Crippen LogP contribution in [0.2, 0.25) is 5.02 Å². The van der Waals surface area contributed by atoms with Crippen LogP contribution in [-0.2, 0) is 17.6 Å². The minimum Gasteiger partial charge on any atom is -0.299 e. The maximum absolute atomic E-state index is 12.3. The molecule has 1 N–H and O–H groups in total. The van der Waals surface area contributed by atoms with Crippen molar-refractivity contribution in [1.29, 1.82) is 5.26 Å². The lowest BCUT2D eigenvalue weighted by atomic mass is 10.00. The van der Waals surface area contributed by atoms with Crippen molar-refractivity contribution in [2.24, 2.45) is 0 Å². The van der Waals surface area contributed by atoms with Gasteiger partial charge in [-0.25, -0.2) is 0 Å². The Morgan fingerprint density at radius 2 is 2.00 bits per heavy atom. The molecule has 0 bridgehead atoms. The summed E-state index contributed by atoms with van der Waals surface area (Å²) in [5.74, 6) is 0.0921. The number of hydrogen-bond acceptors (Lipinski definition) is 3. The van der Waals surface area contributed by atoms with E-state index < -0.39 is 0 Å². The maximum atomic E-state index is 12.3. The lowest BCUT2D eigenvalue weighted by molar-refractivity contribution is -0.117. The number of Topliss-reactive ketones (excluding diaryl/α,β-unsaturated/α-hetero) is 1. The fourth-order valence-corrected chi connectivity index (χ4v) is 2.67. The molecule has 3 rings (SSSR count). The number of benzene rings is 2. The summed E-state index contributed by atoms with van der Waals surface area (Å²) >= 11 is 6.07. The monoisotopic (exact) mass is 309 g/mol. The third-order valence-electron chi connectivity index (χ3n) is 3.48. The summed E-state index contributed by atoms with van der Waals surface area (Å²) in [7, 11) is 0. The number of nitrogens with zero attached hydrogens (tertiary/aromatic N) is 2. The van der Waals surface area contributed by atoms with Gasteiger partial charge in [0, 0.05) is 23.3 Å². The molecule has 0 aliphatic carbocycles. The van der Waals surface area contributed by atoms with E-state index in [0.29, 0.717) is 23.4 Å². The van der Waals surface area contributed by atoms with Crippen LogP contribution >= 0.6 is 11.6 Å². The van der Waals surface area contributed by atoms with Gasteiger partial charge in [0.25, 0.3) is 0 Å². The molecule has 0 saturated heterocycles. The second kappa shape index (κ2) is 6.00. The predicted octanol–water partition coefficient (Wildman–Crippen LogP) is 3.44. The molecule has 1 aromatic heterocycles. The van der Waals surface area contributed by atoms with E-state index in [0.717, 1.165) is 22.0 Å². The second-order valence-electron chi connectivity index (χ2n) is 5.10. The van der Waals surface area contributed by atoms with Crippen LogP contribution in [0.3, 0.4) is 0 Å². The summed E-state index contributed by atoms with van der Waals surface area (Å²) in [5.41, 5.74) is 3.18. The number of carbonyl (C=O) groups is 1. The zero-order valence-corrected chi connectivity index (χ0v) is 12.4. The largest absolute Gasteiger partial charge is 0.299 e. The average Bonchev–Trinajstić information content (AvgIpc) is 2.96. The smallest absolute Gasteiger partial charge is 0.141 e. The third-order valence-corrected chi connectivity index (χ3v) is 3.70. The molecule has 0 amide bonds. The van der Waals surface area contributed by atoms with Gasteiger partial charge in [-0.05, 0) is 35.4 Å². The van der Waals surface area contributed by atoms with E-state index in [1.165, 1.54) is 0 Å². The molecule has 2 aromatic carbocycles. The number of fused-ring (bicyclic) bond motifs is 1. The quantitative estimate of drug-likeness (QED) is 0.802. The Morgan fingerprint density at radius 1 is 1.23 bits per heavy atom. The number of H-pyrrole nitrogens is 1. The van der Waals surface area contributed by atoms with Gasteiger partial charge in [0.15, 0.2) is 0 Å². The second-order valence-corrected chi connectivity index (χ2v) is 5.53. The molecule has 108 valence electrons. The highest BCUT2D eigenvalue weighted by atomic mass is 35.5. The Morgan fingerprint density at radius 3 is 2.73 bits per heavy atom. The summed E-state index contributed by atoms with van der Waals surface area (Å²) in [6.07, 6.45) is 2.34. The summed E-state index contributed by atoms with van der Waals surface area (Å²) in [6.45, 7) is 0. The third kappa shape index (κ3) is 3.00. The molecule has 0 atom stereocenters. The van der Waals surface area contributed by atoms with Crippen LogP contribution in [-0.4, -0.2) is 16.0 Å². The summed E-state index contributed by atoms with van der Waals surface area (Å²) in [4.78, 5) is 12.3. The van der Waals surface area contributed by atoms with E-state index in [9.17, 15) is 4.79 Å². The number of ketones is 1. The van der Waals surface area contributed by atoms with Gasteiger partial charge in [0.2, 0.25) is 0 Å². The Kier molecular flexibility index (Phi) is 3.90. The lowest BCUT2D eigenvalue weighted by Gasteiger charge is -2.04. The van der Waals surface area contributed by atoms with E-state index in [-0.39, 0.29) is 5.78 Å². The van der Waals surface area contributed by atoms with E-state index >= 15 is 0 Å². The standard InChI is InChI=1S/C17H12ClN3O/c18-14-6-13(16-10-20-21-17(16)8-14)7-15(22)5-11-1-3-12(9-19)4-2-11/h1-4,6,8,10H,5,7H2,(H,20,21). The number of aromatic amines is 1. The van der Waals surface area contributed by atoms with E-state index in [1.807, 2.05) is 12.1 Å². The average molecular weight is 310 g/mol. The summed E-state index contributed by atoms with van der Waals surface area (Å²) in [6, 6.07) is 12.7. The molecule has 0 unspecified atom stereocenters. The van der Waals surface area contributed by atoms with Gasteiger partial charge in [0.1, 0.15) is 5.78 Å². The first-order valence-corrected chi connectivity index (χ1v) is 7.16. The normalized spacial score (nSPS) is 10.5. The number of aromatic nitrogens is 2. The lowest BCUT2D eigenvalue weighted by Crippen LogP contribution is -2.07. The van der Waals surface area contributed by atoms with Gasteiger partial charge in [-0.15, -0.1) is 0 Å². The Bertz CT molecular complexity index is 875. The zero-order valence-electron chi connectivity index (χ0n) is 11.6. The van der Waals surface area contributed by atoms with Crippen molar-refractivity contribution in [3.63, 3.8) is 0 Å². The van der Waals surface area contributed by atoms with Crippen LogP contribution in [0.4, 0.5) is 0 Å². The van der Waals surface area contributed by atoms with Gasteiger partial charge in [-0.3, -0.25) is 9.89 Å².